The van der Waals surface area contributed by atoms with Crippen molar-refractivity contribution in [3.8, 4) is 0 Å². The Morgan fingerprint density at radius 1 is 1.08 bits per heavy atom. The quantitative estimate of drug-likeness (QED) is 0.474. The topological polar surface area (TPSA) is 53.5 Å². The molecule has 2 amide bonds. The molecule has 1 aromatic carbocycles. The van der Waals surface area contributed by atoms with Crippen LogP contribution in [-0.4, -0.2) is 52.8 Å². The molecular weight excluding hydrogens is 460 g/mol. The molecule has 1 aliphatic carbocycles. The van der Waals surface area contributed by atoms with Gasteiger partial charge in [-0.15, -0.1) is 0 Å². The van der Waals surface area contributed by atoms with E-state index in [1.165, 1.54) is 50.4 Å². The monoisotopic (exact) mass is 497 g/mol. The number of carbonyl (C=O) groups is 2. The van der Waals surface area contributed by atoms with Gasteiger partial charge in [-0.05, 0) is 61.3 Å². The first kappa shape index (κ1) is 26.2. The van der Waals surface area contributed by atoms with Crippen molar-refractivity contribution in [2.45, 2.75) is 70.3 Å². The molecule has 0 spiro atoms. The third-order valence-corrected chi connectivity index (χ3v) is 8.10. The van der Waals surface area contributed by atoms with E-state index in [2.05, 4.69) is 4.98 Å². The summed E-state index contributed by atoms with van der Waals surface area (Å²) in [6.07, 6.45) is 12.9. The molecule has 0 unspecified atom stereocenters. The molecule has 2 heterocycles. The van der Waals surface area contributed by atoms with Crippen molar-refractivity contribution in [3.63, 3.8) is 0 Å². The largest absolute Gasteiger partial charge is 0.343 e. The van der Waals surface area contributed by atoms with Crippen molar-refractivity contribution < 1.29 is 18.4 Å². The van der Waals surface area contributed by atoms with Crippen LogP contribution in [0.15, 0.2) is 42.7 Å². The van der Waals surface area contributed by atoms with Crippen LogP contribution in [0.25, 0.3) is 0 Å². The Labute approximate surface area is 212 Å². The van der Waals surface area contributed by atoms with Gasteiger partial charge in [0.1, 0.15) is 11.6 Å². The molecular formula is C29H37F2N3O2. The van der Waals surface area contributed by atoms with E-state index in [1.54, 1.807) is 30.3 Å². The lowest BCUT2D eigenvalue weighted by molar-refractivity contribution is -0.133. The molecule has 1 atom stereocenters. The van der Waals surface area contributed by atoms with Gasteiger partial charge in [-0.2, -0.15) is 0 Å². The molecule has 1 saturated carbocycles. The molecule has 2 aliphatic rings. The number of hydrogen-bond acceptors (Lipinski definition) is 3. The summed E-state index contributed by atoms with van der Waals surface area (Å²) >= 11 is 0. The Balaban J connectivity index is 1.42. The summed E-state index contributed by atoms with van der Waals surface area (Å²) in [5, 5.41) is 0. The summed E-state index contributed by atoms with van der Waals surface area (Å²) in [5.74, 6) is -0.392. The minimum Gasteiger partial charge on any atom is -0.343 e. The van der Waals surface area contributed by atoms with Crippen molar-refractivity contribution in [3.05, 3.63) is 65.5 Å². The lowest BCUT2D eigenvalue weighted by atomic mass is 9.84. The number of piperidine rings is 1. The first-order valence-corrected chi connectivity index (χ1v) is 13.3. The minimum absolute atomic E-state index is 0.0995. The lowest BCUT2D eigenvalue weighted by Crippen LogP contribution is -2.48. The van der Waals surface area contributed by atoms with Gasteiger partial charge in [0.05, 0.1) is 5.56 Å². The SMILES string of the molecule is CN(C(=O)c1cccnc1)[C@@H](Cc1ccc(F)cc1F)C1CCN(C(=O)CCC2CCCCC2)CC1. The summed E-state index contributed by atoms with van der Waals surface area (Å²) < 4.78 is 28.1. The lowest BCUT2D eigenvalue weighted by Gasteiger charge is -2.40. The second-order valence-electron chi connectivity index (χ2n) is 10.4. The van der Waals surface area contributed by atoms with Crippen LogP contribution in [-0.2, 0) is 11.2 Å². The van der Waals surface area contributed by atoms with Crippen molar-refractivity contribution in [1.29, 1.82) is 0 Å². The van der Waals surface area contributed by atoms with E-state index in [0.29, 0.717) is 36.6 Å². The maximum atomic E-state index is 14.6. The average molecular weight is 498 g/mol. The van der Waals surface area contributed by atoms with E-state index >= 15 is 0 Å². The van der Waals surface area contributed by atoms with Crippen LogP contribution in [0.1, 0.15) is 73.7 Å². The summed E-state index contributed by atoms with van der Waals surface area (Å²) in [4.78, 5) is 33.8. The third kappa shape index (κ3) is 6.68. The normalized spacial score (nSPS) is 18.1. The zero-order valence-corrected chi connectivity index (χ0v) is 21.2. The Morgan fingerprint density at radius 3 is 2.50 bits per heavy atom. The number of likely N-dealkylation sites (N-methyl/N-ethyl adjacent to an activating group) is 1. The standard InChI is InChI=1S/C29H37F2N3O2/c1-33(29(36)24-8-5-15-32-20-24)27(18-23-10-11-25(30)19-26(23)31)22-13-16-34(17-14-22)28(35)12-9-21-6-3-2-4-7-21/h5,8,10-11,15,19-22,27H,2-4,6-7,9,12-14,16-18H2,1H3/t27-/m0/s1. The zero-order valence-electron chi connectivity index (χ0n) is 21.2. The highest BCUT2D eigenvalue weighted by Gasteiger charge is 2.33. The van der Waals surface area contributed by atoms with Crippen LogP contribution in [0.2, 0.25) is 0 Å². The van der Waals surface area contributed by atoms with E-state index < -0.39 is 11.6 Å². The second-order valence-corrected chi connectivity index (χ2v) is 10.4. The van der Waals surface area contributed by atoms with Gasteiger partial charge in [0, 0.05) is 51.1 Å². The molecule has 194 valence electrons. The molecule has 1 aliphatic heterocycles. The Morgan fingerprint density at radius 2 is 1.83 bits per heavy atom. The molecule has 2 aromatic rings. The van der Waals surface area contributed by atoms with E-state index in [0.717, 1.165) is 25.3 Å². The molecule has 2 fully saturated rings. The number of nitrogens with zero attached hydrogens (tertiary/aromatic N) is 3. The fraction of sp³-hybridized carbons (Fsp3) is 0.552. The maximum absolute atomic E-state index is 14.6. The fourth-order valence-corrected chi connectivity index (χ4v) is 5.87. The van der Waals surface area contributed by atoms with Crippen molar-refractivity contribution in [2.24, 2.45) is 11.8 Å². The van der Waals surface area contributed by atoms with Gasteiger partial charge in [0.15, 0.2) is 0 Å². The van der Waals surface area contributed by atoms with Crippen LogP contribution < -0.4 is 0 Å². The molecule has 36 heavy (non-hydrogen) atoms. The molecule has 1 saturated heterocycles. The van der Waals surface area contributed by atoms with E-state index in [-0.39, 0.29) is 30.2 Å². The van der Waals surface area contributed by atoms with Crippen LogP contribution in [0.5, 0.6) is 0 Å². The van der Waals surface area contributed by atoms with Gasteiger partial charge in [0.2, 0.25) is 5.91 Å². The number of pyridine rings is 1. The fourth-order valence-electron chi connectivity index (χ4n) is 5.87. The van der Waals surface area contributed by atoms with Crippen LogP contribution >= 0.6 is 0 Å². The average Bonchev–Trinajstić information content (AvgIpc) is 2.92. The molecule has 7 heteroatoms. The molecule has 4 rings (SSSR count). The highest BCUT2D eigenvalue weighted by molar-refractivity contribution is 5.94. The summed E-state index contributed by atoms with van der Waals surface area (Å²) in [6.45, 7) is 1.29. The van der Waals surface area contributed by atoms with Crippen molar-refractivity contribution in [1.82, 2.24) is 14.8 Å². The predicted octanol–water partition coefficient (Wildman–Crippen LogP) is 5.64. The smallest absolute Gasteiger partial charge is 0.255 e. The number of hydrogen-bond donors (Lipinski definition) is 0. The molecule has 0 N–H and O–H groups in total. The summed E-state index contributed by atoms with van der Waals surface area (Å²) in [7, 11) is 1.74. The van der Waals surface area contributed by atoms with E-state index in [9.17, 15) is 18.4 Å². The van der Waals surface area contributed by atoms with Crippen LogP contribution in [0.3, 0.4) is 0 Å². The Kier molecular flexibility index (Phi) is 9.05. The van der Waals surface area contributed by atoms with Gasteiger partial charge in [-0.3, -0.25) is 14.6 Å². The number of carbonyl (C=O) groups excluding carboxylic acids is 2. The van der Waals surface area contributed by atoms with E-state index in [4.69, 9.17) is 0 Å². The highest BCUT2D eigenvalue weighted by atomic mass is 19.1. The Hall–Kier alpha value is -2.83. The number of rotatable bonds is 8. The minimum atomic E-state index is -0.618. The van der Waals surface area contributed by atoms with Gasteiger partial charge in [-0.1, -0.05) is 38.2 Å². The second kappa shape index (κ2) is 12.4. The molecule has 0 bridgehead atoms. The third-order valence-electron chi connectivity index (χ3n) is 8.10. The van der Waals surface area contributed by atoms with Crippen LogP contribution in [0, 0.1) is 23.5 Å². The number of amides is 2. The van der Waals surface area contributed by atoms with Crippen LogP contribution in [0.4, 0.5) is 8.78 Å². The first-order chi connectivity index (χ1) is 17.4. The van der Waals surface area contributed by atoms with Gasteiger partial charge in [-0.25, -0.2) is 8.78 Å². The number of halogens is 2. The van der Waals surface area contributed by atoms with Gasteiger partial charge < -0.3 is 9.80 Å². The predicted molar refractivity (Wildman–Crippen MR) is 135 cm³/mol. The van der Waals surface area contributed by atoms with Crippen molar-refractivity contribution >= 4 is 11.8 Å². The summed E-state index contributed by atoms with van der Waals surface area (Å²) in [6, 6.07) is 6.76. The molecule has 1 aromatic heterocycles. The number of likely N-dealkylation sites (tertiary alicyclic amines) is 1. The Bertz CT molecular complexity index is 1020. The first-order valence-electron chi connectivity index (χ1n) is 13.3. The highest BCUT2D eigenvalue weighted by Crippen LogP contribution is 2.30. The zero-order chi connectivity index (χ0) is 25.5. The van der Waals surface area contributed by atoms with E-state index in [1.807, 2.05) is 4.90 Å². The molecule has 5 nitrogen and oxygen atoms in total. The summed E-state index contributed by atoms with van der Waals surface area (Å²) in [5.41, 5.74) is 0.859. The maximum Gasteiger partial charge on any atom is 0.255 e. The van der Waals surface area contributed by atoms with Gasteiger partial charge in [0.25, 0.3) is 5.91 Å². The van der Waals surface area contributed by atoms with Gasteiger partial charge >= 0.3 is 0 Å². The molecule has 0 radical (unpaired) electrons. The van der Waals surface area contributed by atoms with Crippen molar-refractivity contribution in [2.75, 3.05) is 20.1 Å². The number of benzene rings is 1. The number of aromatic nitrogens is 1.